The molecular formula is C12H17N3S. The van der Waals surface area contributed by atoms with Gasteiger partial charge in [-0.1, -0.05) is 6.92 Å². The highest BCUT2D eigenvalue weighted by Crippen LogP contribution is 2.17. The Morgan fingerprint density at radius 2 is 2.44 bits per heavy atom. The maximum atomic E-state index is 4.29. The molecule has 1 unspecified atom stereocenters. The van der Waals surface area contributed by atoms with Crippen LogP contribution in [0.1, 0.15) is 30.0 Å². The Labute approximate surface area is 100 Å². The normalized spacial score (nSPS) is 12.9. The third-order valence-electron chi connectivity index (χ3n) is 2.73. The summed E-state index contributed by atoms with van der Waals surface area (Å²) in [5, 5.41) is 6.48. The van der Waals surface area contributed by atoms with Crippen molar-refractivity contribution in [2.24, 2.45) is 0 Å². The second kappa shape index (κ2) is 5.27. The predicted octanol–water partition coefficient (Wildman–Crippen LogP) is 2.66. The Morgan fingerprint density at radius 1 is 1.56 bits per heavy atom. The van der Waals surface area contributed by atoms with E-state index in [9.17, 15) is 0 Å². The minimum atomic E-state index is 0.456. The Bertz CT molecular complexity index is 415. The maximum absolute atomic E-state index is 4.29. The lowest BCUT2D eigenvalue weighted by molar-refractivity contribution is 0.575. The van der Waals surface area contributed by atoms with Crippen molar-refractivity contribution in [3.63, 3.8) is 0 Å². The van der Waals surface area contributed by atoms with Crippen molar-refractivity contribution >= 4 is 11.3 Å². The highest BCUT2D eigenvalue weighted by atomic mass is 32.1. The van der Waals surface area contributed by atoms with Crippen LogP contribution in [-0.2, 0) is 6.54 Å². The molecule has 1 N–H and O–H groups in total. The number of hydrogen-bond acceptors (Lipinski definition) is 3. The van der Waals surface area contributed by atoms with E-state index in [0.717, 1.165) is 18.0 Å². The van der Waals surface area contributed by atoms with E-state index in [4.69, 9.17) is 0 Å². The van der Waals surface area contributed by atoms with Gasteiger partial charge >= 0.3 is 0 Å². The van der Waals surface area contributed by atoms with Crippen LogP contribution in [0.3, 0.4) is 0 Å². The molecule has 16 heavy (non-hydrogen) atoms. The molecule has 0 aliphatic carbocycles. The molecule has 2 rings (SSSR count). The van der Waals surface area contributed by atoms with E-state index in [1.54, 1.807) is 11.3 Å². The van der Waals surface area contributed by atoms with Crippen LogP contribution in [0.5, 0.6) is 0 Å². The summed E-state index contributed by atoms with van der Waals surface area (Å²) >= 11 is 1.70. The van der Waals surface area contributed by atoms with Crippen molar-refractivity contribution in [3.8, 4) is 0 Å². The summed E-state index contributed by atoms with van der Waals surface area (Å²) in [5.41, 5.74) is 1.35. The second-order valence-corrected chi connectivity index (χ2v) is 4.77. The molecule has 0 aliphatic rings. The molecule has 3 nitrogen and oxygen atoms in total. The SMILES string of the molecule is CCC(NC)c1ccn(Cc2nccs2)c1. The van der Waals surface area contributed by atoms with Gasteiger partial charge < -0.3 is 9.88 Å². The van der Waals surface area contributed by atoms with E-state index < -0.39 is 0 Å². The van der Waals surface area contributed by atoms with E-state index in [2.05, 4.69) is 40.3 Å². The quantitative estimate of drug-likeness (QED) is 0.863. The summed E-state index contributed by atoms with van der Waals surface area (Å²) in [4.78, 5) is 4.29. The van der Waals surface area contributed by atoms with Gasteiger partial charge in [0.15, 0.2) is 0 Å². The molecule has 0 radical (unpaired) electrons. The van der Waals surface area contributed by atoms with Crippen molar-refractivity contribution in [1.29, 1.82) is 0 Å². The molecule has 2 aromatic heterocycles. The predicted molar refractivity (Wildman–Crippen MR) is 67.7 cm³/mol. The van der Waals surface area contributed by atoms with Gasteiger partial charge in [-0.3, -0.25) is 0 Å². The Morgan fingerprint density at radius 3 is 3.06 bits per heavy atom. The molecule has 2 heterocycles. The van der Waals surface area contributed by atoms with Gasteiger partial charge in [0.25, 0.3) is 0 Å². The smallest absolute Gasteiger partial charge is 0.112 e. The molecule has 0 saturated carbocycles. The summed E-state index contributed by atoms with van der Waals surface area (Å²) in [6.07, 6.45) is 7.29. The van der Waals surface area contributed by atoms with Gasteiger partial charge in [-0.2, -0.15) is 0 Å². The van der Waals surface area contributed by atoms with Gasteiger partial charge in [-0.15, -0.1) is 11.3 Å². The highest BCUT2D eigenvalue weighted by Gasteiger charge is 2.08. The number of hydrogen-bond donors (Lipinski definition) is 1. The third-order valence-corrected chi connectivity index (χ3v) is 3.50. The fraction of sp³-hybridized carbons (Fsp3) is 0.417. The zero-order chi connectivity index (χ0) is 11.4. The van der Waals surface area contributed by atoms with Crippen molar-refractivity contribution in [1.82, 2.24) is 14.9 Å². The van der Waals surface area contributed by atoms with Crippen molar-refractivity contribution in [3.05, 3.63) is 40.6 Å². The summed E-state index contributed by atoms with van der Waals surface area (Å²) in [6.45, 7) is 3.07. The van der Waals surface area contributed by atoms with Crippen LogP contribution in [0.15, 0.2) is 30.0 Å². The Hall–Kier alpha value is -1.13. The molecule has 0 spiro atoms. The summed E-state index contributed by atoms with van der Waals surface area (Å²) < 4.78 is 2.19. The molecular weight excluding hydrogens is 218 g/mol. The van der Waals surface area contributed by atoms with E-state index in [0.29, 0.717) is 6.04 Å². The molecule has 0 aromatic carbocycles. The molecule has 0 fully saturated rings. The first-order valence-electron chi connectivity index (χ1n) is 5.54. The average Bonchev–Trinajstić information content (AvgIpc) is 2.93. The number of rotatable bonds is 5. The van der Waals surface area contributed by atoms with Gasteiger partial charge in [0, 0.05) is 30.0 Å². The van der Waals surface area contributed by atoms with Crippen LogP contribution in [0.4, 0.5) is 0 Å². The Balaban J connectivity index is 2.07. The molecule has 86 valence electrons. The number of nitrogens with one attached hydrogen (secondary N) is 1. The first-order chi connectivity index (χ1) is 7.83. The number of thiazole rings is 1. The minimum absolute atomic E-state index is 0.456. The van der Waals surface area contributed by atoms with Crippen molar-refractivity contribution < 1.29 is 0 Å². The average molecular weight is 235 g/mol. The van der Waals surface area contributed by atoms with E-state index >= 15 is 0 Å². The molecule has 0 bridgehead atoms. The van der Waals surface area contributed by atoms with E-state index in [-0.39, 0.29) is 0 Å². The third kappa shape index (κ3) is 2.51. The number of aromatic nitrogens is 2. The van der Waals surface area contributed by atoms with Crippen LogP contribution in [0.2, 0.25) is 0 Å². The van der Waals surface area contributed by atoms with Crippen LogP contribution >= 0.6 is 11.3 Å². The molecule has 2 aromatic rings. The lowest BCUT2D eigenvalue weighted by Crippen LogP contribution is -2.14. The lowest BCUT2D eigenvalue weighted by Gasteiger charge is -2.11. The molecule has 4 heteroatoms. The van der Waals surface area contributed by atoms with Crippen molar-refractivity contribution in [2.45, 2.75) is 25.9 Å². The van der Waals surface area contributed by atoms with Gasteiger partial charge in [0.2, 0.25) is 0 Å². The largest absolute Gasteiger partial charge is 0.347 e. The zero-order valence-corrected chi connectivity index (χ0v) is 10.5. The monoisotopic (exact) mass is 235 g/mol. The summed E-state index contributed by atoms with van der Waals surface area (Å²) in [6, 6.07) is 2.63. The molecule has 0 aliphatic heterocycles. The summed E-state index contributed by atoms with van der Waals surface area (Å²) in [7, 11) is 2.01. The van der Waals surface area contributed by atoms with Gasteiger partial charge in [0.05, 0.1) is 6.54 Å². The van der Waals surface area contributed by atoms with E-state index in [1.807, 2.05) is 18.6 Å². The summed E-state index contributed by atoms with van der Waals surface area (Å²) in [5.74, 6) is 0. The van der Waals surface area contributed by atoms with Crippen LogP contribution in [0.25, 0.3) is 0 Å². The van der Waals surface area contributed by atoms with Crippen molar-refractivity contribution in [2.75, 3.05) is 7.05 Å². The molecule has 0 amide bonds. The Kier molecular flexibility index (Phi) is 3.74. The zero-order valence-electron chi connectivity index (χ0n) is 9.68. The lowest BCUT2D eigenvalue weighted by atomic mass is 10.1. The molecule has 0 saturated heterocycles. The van der Waals surface area contributed by atoms with Gasteiger partial charge in [-0.05, 0) is 25.1 Å². The van der Waals surface area contributed by atoms with E-state index in [1.165, 1.54) is 5.56 Å². The van der Waals surface area contributed by atoms with Crippen LogP contribution < -0.4 is 5.32 Å². The van der Waals surface area contributed by atoms with Crippen LogP contribution in [0, 0.1) is 0 Å². The first-order valence-corrected chi connectivity index (χ1v) is 6.42. The number of nitrogens with zero attached hydrogens (tertiary/aromatic N) is 2. The topological polar surface area (TPSA) is 29.9 Å². The highest BCUT2D eigenvalue weighted by molar-refractivity contribution is 7.09. The maximum Gasteiger partial charge on any atom is 0.112 e. The minimum Gasteiger partial charge on any atom is -0.347 e. The van der Waals surface area contributed by atoms with Gasteiger partial charge in [0.1, 0.15) is 5.01 Å². The van der Waals surface area contributed by atoms with Crippen LogP contribution in [-0.4, -0.2) is 16.6 Å². The fourth-order valence-electron chi connectivity index (χ4n) is 1.86. The fourth-order valence-corrected chi connectivity index (χ4v) is 2.48. The molecule has 1 atom stereocenters. The van der Waals surface area contributed by atoms with Gasteiger partial charge in [-0.25, -0.2) is 4.98 Å². The second-order valence-electron chi connectivity index (χ2n) is 3.79. The first kappa shape index (κ1) is 11.4. The standard InChI is InChI=1S/C12H17N3S/c1-3-11(13-2)10-4-6-15(8-10)9-12-14-5-7-16-12/h4-8,11,13H,3,9H2,1-2H3.